The number of carbonyl (C=O) groups is 1. The second-order valence-corrected chi connectivity index (χ2v) is 7.01. The lowest BCUT2D eigenvalue weighted by molar-refractivity contribution is -0.117. The fraction of sp³-hybridized carbons (Fsp3) is 0.217. The zero-order chi connectivity index (χ0) is 21.8. The molecule has 4 rings (SSSR count). The van der Waals surface area contributed by atoms with Gasteiger partial charge in [-0.15, -0.1) is 0 Å². The number of hydrogen-bond donors (Lipinski definition) is 1. The van der Waals surface area contributed by atoms with E-state index in [1.807, 2.05) is 31.2 Å². The number of nitrogens with one attached hydrogen (secondary N) is 1. The molecule has 0 saturated carbocycles. The SMILES string of the molecule is CCOc1ccc(NC(=O)Cn2ncn3nc(-c4ccc(CC)cc4)cc3c2=O)cc1. The minimum atomic E-state index is -0.381. The van der Waals surface area contributed by atoms with Crippen molar-refractivity contribution in [3.8, 4) is 17.0 Å². The Hall–Kier alpha value is -3.94. The first kappa shape index (κ1) is 20.3. The number of nitrogens with zero attached hydrogens (tertiary/aromatic N) is 4. The maximum absolute atomic E-state index is 12.8. The molecule has 8 heteroatoms. The molecule has 8 nitrogen and oxygen atoms in total. The number of ether oxygens (including phenoxy) is 1. The van der Waals surface area contributed by atoms with E-state index < -0.39 is 0 Å². The standard InChI is InChI=1S/C23H23N5O3/c1-3-16-5-7-17(8-6-16)20-13-21-23(30)27(24-15-28(21)26-20)14-22(29)25-18-9-11-19(12-10-18)31-4-2/h5-13,15H,3-4,14H2,1-2H3,(H,25,29). The van der Waals surface area contributed by atoms with Gasteiger partial charge in [0.25, 0.3) is 5.56 Å². The molecule has 0 aliphatic heterocycles. The highest BCUT2D eigenvalue weighted by Crippen LogP contribution is 2.19. The van der Waals surface area contributed by atoms with Crippen molar-refractivity contribution in [1.82, 2.24) is 19.4 Å². The number of carbonyl (C=O) groups excluding carboxylic acids is 1. The van der Waals surface area contributed by atoms with E-state index >= 15 is 0 Å². The van der Waals surface area contributed by atoms with E-state index in [0.717, 1.165) is 22.4 Å². The zero-order valence-corrected chi connectivity index (χ0v) is 17.4. The highest BCUT2D eigenvalue weighted by molar-refractivity contribution is 5.90. The Bertz CT molecular complexity index is 1260. The van der Waals surface area contributed by atoms with Crippen LogP contribution in [0.5, 0.6) is 5.75 Å². The van der Waals surface area contributed by atoms with Crippen molar-refractivity contribution in [1.29, 1.82) is 0 Å². The predicted octanol–water partition coefficient (Wildman–Crippen LogP) is 3.16. The maximum atomic E-state index is 12.8. The second-order valence-electron chi connectivity index (χ2n) is 7.01. The molecule has 1 N–H and O–H groups in total. The summed E-state index contributed by atoms with van der Waals surface area (Å²) in [6, 6.07) is 16.8. The summed E-state index contributed by atoms with van der Waals surface area (Å²) in [5, 5.41) is 11.3. The third-order valence-corrected chi connectivity index (χ3v) is 4.89. The second kappa shape index (κ2) is 8.83. The lowest BCUT2D eigenvalue weighted by Crippen LogP contribution is -2.30. The van der Waals surface area contributed by atoms with E-state index in [2.05, 4.69) is 22.4 Å². The molecule has 1 amide bonds. The van der Waals surface area contributed by atoms with Crippen LogP contribution in [0.4, 0.5) is 5.69 Å². The van der Waals surface area contributed by atoms with E-state index in [1.54, 1.807) is 30.3 Å². The Labute approximate surface area is 179 Å². The normalized spacial score (nSPS) is 10.9. The smallest absolute Gasteiger partial charge is 0.293 e. The van der Waals surface area contributed by atoms with E-state index in [-0.39, 0.29) is 18.0 Å². The van der Waals surface area contributed by atoms with E-state index in [0.29, 0.717) is 23.5 Å². The van der Waals surface area contributed by atoms with Crippen LogP contribution in [0.2, 0.25) is 0 Å². The molecule has 2 aromatic heterocycles. The Morgan fingerprint density at radius 3 is 2.48 bits per heavy atom. The first-order valence-corrected chi connectivity index (χ1v) is 10.1. The molecule has 0 atom stereocenters. The number of fused-ring (bicyclic) bond motifs is 1. The van der Waals surface area contributed by atoms with Gasteiger partial charge >= 0.3 is 0 Å². The molecule has 0 saturated heterocycles. The fourth-order valence-corrected chi connectivity index (χ4v) is 3.24. The molecule has 0 unspecified atom stereocenters. The van der Waals surface area contributed by atoms with Crippen LogP contribution < -0.4 is 15.6 Å². The molecule has 31 heavy (non-hydrogen) atoms. The van der Waals surface area contributed by atoms with Crippen molar-refractivity contribution in [2.45, 2.75) is 26.8 Å². The number of amides is 1. The molecule has 2 aromatic carbocycles. The van der Waals surface area contributed by atoms with Gasteiger partial charge in [-0.05, 0) is 49.2 Å². The van der Waals surface area contributed by atoms with Gasteiger partial charge in [-0.1, -0.05) is 31.2 Å². The van der Waals surface area contributed by atoms with Crippen LogP contribution in [0.25, 0.3) is 16.8 Å². The largest absolute Gasteiger partial charge is 0.494 e. The third kappa shape index (κ3) is 4.48. The Kier molecular flexibility index (Phi) is 5.79. The molecular formula is C23H23N5O3. The number of anilines is 1. The van der Waals surface area contributed by atoms with Crippen LogP contribution in [-0.2, 0) is 17.8 Å². The van der Waals surface area contributed by atoms with E-state index in [1.165, 1.54) is 16.4 Å². The highest BCUT2D eigenvalue weighted by Gasteiger charge is 2.12. The summed E-state index contributed by atoms with van der Waals surface area (Å²) in [7, 11) is 0. The zero-order valence-electron chi connectivity index (χ0n) is 17.4. The number of hydrogen-bond acceptors (Lipinski definition) is 5. The van der Waals surface area contributed by atoms with Gasteiger partial charge in [0.15, 0.2) is 0 Å². The fourth-order valence-electron chi connectivity index (χ4n) is 3.24. The van der Waals surface area contributed by atoms with Crippen LogP contribution in [0.15, 0.2) is 65.7 Å². The topological polar surface area (TPSA) is 90.5 Å². The minimum absolute atomic E-state index is 0.200. The summed E-state index contributed by atoms with van der Waals surface area (Å²) >= 11 is 0. The average Bonchev–Trinajstić information content (AvgIpc) is 3.22. The monoisotopic (exact) mass is 417 g/mol. The number of aryl methyl sites for hydroxylation is 1. The van der Waals surface area contributed by atoms with Crippen molar-refractivity contribution >= 4 is 17.1 Å². The van der Waals surface area contributed by atoms with Crippen LogP contribution in [0.3, 0.4) is 0 Å². The summed E-state index contributed by atoms with van der Waals surface area (Å²) in [6.45, 7) is 4.38. The summed E-state index contributed by atoms with van der Waals surface area (Å²) < 4.78 is 7.95. The quantitative estimate of drug-likeness (QED) is 0.499. The van der Waals surface area contributed by atoms with Gasteiger partial charge in [-0.3, -0.25) is 9.59 Å². The summed E-state index contributed by atoms with van der Waals surface area (Å²) in [5.41, 5.74) is 3.42. The molecule has 0 aliphatic rings. The van der Waals surface area contributed by atoms with Gasteiger partial charge in [0.05, 0.1) is 12.3 Å². The molecule has 0 aliphatic carbocycles. The molecule has 0 bridgehead atoms. The van der Waals surface area contributed by atoms with Crippen molar-refractivity contribution in [2.75, 3.05) is 11.9 Å². The van der Waals surface area contributed by atoms with Gasteiger partial charge in [0.1, 0.15) is 24.1 Å². The first-order chi connectivity index (χ1) is 15.1. The van der Waals surface area contributed by atoms with Gasteiger partial charge in [0, 0.05) is 11.3 Å². The van der Waals surface area contributed by atoms with Crippen LogP contribution in [0.1, 0.15) is 19.4 Å². The van der Waals surface area contributed by atoms with Crippen molar-refractivity contribution < 1.29 is 9.53 Å². The van der Waals surface area contributed by atoms with Crippen molar-refractivity contribution in [3.63, 3.8) is 0 Å². The summed E-state index contributed by atoms with van der Waals surface area (Å²) in [5.74, 6) is 0.378. The van der Waals surface area contributed by atoms with Crippen molar-refractivity contribution in [3.05, 3.63) is 76.8 Å². The Morgan fingerprint density at radius 1 is 1.06 bits per heavy atom. The van der Waals surface area contributed by atoms with Gasteiger partial charge in [-0.25, -0.2) is 9.20 Å². The molecule has 0 radical (unpaired) electrons. The minimum Gasteiger partial charge on any atom is -0.494 e. The number of rotatable bonds is 7. The van der Waals surface area contributed by atoms with E-state index in [9.17, 15) is 9.59 Å². The lowest BCUT2D eigenvalue weighted by Gasteiger charge is -2.08. The maximum Gasteiger partial charge on any atom is 0.293 e. The summed E-state index contributed by atoms with van der Waals surface area (Å²) in [4.78, 5) is 25.2. The first-order valence-electron chi connectivity index (χ1n) is 10.1. The number of aromatic nitrogens is 4. The highest BCUT2D eigenvalue weighted by atomic mass is 16.5. The molecule has 2 heterocycles. The molecule has 158 valence electrons. The van der Waals surface area contributed by atoms with Gasteiger partial charge < -0.3 is 10.1 Å². The molecule has 4 aromatic rings. The Morgan fingerprint density at radius 2 is 1.81 bits per heavy atom. The molecule has 0 spiro atoms. The van der Waals surface area contributed by atoms with Crippen LogP contribution in [0, 0.1) is 0 Å². The number of benzene rings is 2. The summed E-state index contributed by atoms with van der Waals surface area (Å²) in [6.07, 6.45) is 2.39. The average molecular weight is 417 g/mol. The van der Waals surface area contributed by atoms with Gasteiger partial charge in [-0.2, -0.15) is 10.2 Å². The molecular weight excluding hydrogens is 394 g/mol. The predicted molar refractivity (Wildman–Crippen MR) is 118 cm³/mol. The van der Waals surface area contributed by atoms with E-state index in [4.69, 9.17) is 4.74 Å². The lowest BCUT2D eigenvalue weighted by atomic mass is 10.1. The Balaban J connectivity index is 1.52. The van der Waals surface area contributed by atoms with Crippen molar-refractivity contribution in [2.24, 2.45) is 0 Å². The van der Waals surface area contributed by atoms with Gasteiger partial charge in [0.2, 0.25) is 5.91 Å². The van der Waals surface area contributed by atoms with Crippen LogP contribution >= 0.6 is 0 Å². The molecule has 0 fully saturated rings. The third-order valence-electron chi connectivity index (χ3n) is 4.89. The van der Waals surface area contributed by atoms with Crippen LogP contribution in [-0.4, -0.2) is 31.9 Å².